The van der Waals surface area contributed by atoms with Crippen molar-refractivity contribution in [3.8, 4) is 0 Å². The number of hydrogen-bond donors (Lipinski definition) is 3. The number of aliphatic hydroxyl groups is 3. The molecule has 0 spiro atoms. The Bertz CT molecular complexity index is 1330. The van der Waals surface area contributed by atoms with Crippen LogP contribution in [0.2, 0.25) is 0 Å². The molecule has 42 heavy (non-hydrogen) atoms. The van der Waals surface area contributed by atoms with Gasteiger partial charge in [0.25, 0.3) is 0 Å². The van der Waals surface area contributed by atoms with E-state index >= 15 is 0 Å². The summed E-state index contributed by atoms with van der Waals surface area (Å²) in [5, 5.41) is 34.4. The summed E-state index contributed by atoms with van der Waals surface area (Å²) in [5.41, 5.74) is -6.19. The molecule has 3 N–H and O–H groups in total. The van der Waals surface area contributed by atoms with Crippen LogP contribution in [-0.4, -0.2) is 86.5 Å². The first-order chi connectivity index (χ1) is 19.8. The highest BCUT2D eigenvalue weighted by atomic mass is 16.9. The minimum Gasteiger partial charge on any atom is -0.459 e. The number of allylic oxidation sites excluding steroid dienone is 5. The van der Waals surface area contributed by atoms with Crippen molar-refractivity contribution in [2.45, 2.75) is 100 Å². The zero-order chi connectivity index (χ0) is 30.5. The van der Waals surface area contributed by atoms with Crippen LogP contribution < -0.4 is 0 Å². The molecular weight excluding hydrogens is 544 g/mol. The molecular formula is C32H40O10. The summed E-state index contributed by atoms with van der Waals surface area (Å²) in [5.74, 6) is -5.65. The van der Waals surface area contributed by atoms with Crippen molar-refractivity contribution in [3.05, 3.63) is 60.3 Å². The summed E-state index contributed by atoms with van der Waals surface area (Å²) in [6.45, 7) is 12.1. The Kier molecular flexibility index (Phi) is 6.72. The zero-order valence-corrected chi connectivity index (χ0v) is 24.6. The first-order valence-corrected chi connectivity index (χ1v) is 14.7. The fraction of sp³-hybridized carbons (Fsp3) is 0.625. The highest BCUT2D eigenvalue weighted by Crippen LogP contribution is 2.73. The lowest BCUT2D eigenvalue weighted by molar-refractivity contribution is -0.407. The number of aliphatic hydroxyl groups excluding tert-OH is 2. The lowest BCUT2D eigenvalue weighted by atomic mass is 9.53. The van der Waals surface area contributed by atoms with Crippen molar-refractivity contribution in [1.29, 1.82) is 0 Å². The van der Waals surface area contributed by atoms with Crippen LogP contribution in [0.4, 0.5) is 0 Å². The van der Waals surface area contributed by atoms with Gasteiger partial charge in [0.05, 0.1) is 12.2 Å². The molecule has 0 aromatic rings. The first kappa shape index (κ1) is 29.6. The number of unbranched alkanes of at least 4 members (excludes halogenated alkanes) is 1. The molecule has 10 heteroatoms. The van der Waals surface area contributed by atoms with Crippen molar-refractivity contribution < 1.29 is 48.6 Å². The average Bonchev–Trinajstić information content (AvgIpc) is 3.57. The molecule has 3 aliphatic heterocycles. The summed E-state index contributed by atoms with van der Waals surface area (Å²) < 4.78 is 32.3. The molecule has 0 amide bonds. The Balaban J connectivity index is 1.57. The van der Waals surface area contributed by atoms with E-state index in [1.807, 2.05) is 19.1 Å². The third-order valence-electron chi connectivity index (χ3n) is 10.3. The van der Waals surface area contributed by atoms with E-state index in [2.05, 4.69) is 19.6 Å². The van der Waals surface area contributed by atoms with E-state index in [9.17, 15) is 24.9 Å². The molecule has 0 aromatic carbocycles. The van der Waals surface area contributed by atoms with Gasteiger partial charge in [-0.3, -0.25) is 9.59 Å². The van der Waals surface area contributed by atoms with Gasteiger partial charge in [-0.05, 0) is 31.4 Å². The van der Waals surface area contributed by atoms with Crippen molar-refractivity contribution in [3.63, 3.8) is 0 Å². The van der Waals surface area contributed by atoms with Crippen molar-refractivity contribution >= 4 is 11.8 Å². The van der Waals surface area contributed by atoms with Crippen LogP contribution in [0.5, 0.6) is 0 Å². The Hall–Kier alpha value is -2.44. The molecule has 3 heterocycles. The topological polar surface area (TPSA) is 144 Å². The third kappa shape index (κ3) is 3.45. The summed E-state index contributed by atoms with van der Waals surface area (Å²) in [6.07, 6.45) is 10.0. The lowest BCUT2D eigenvalue weighted by Crippen LogP contribution is -2.76. The molecule has 3 aliphatic carbocycles. The maximum Gasteiger partial charge on any atom is 0.307 e. The molecule has 12 atom stereocenters. The van der Waals surface area contributed by atoms with E-state index in [0.29, 0.717) is 5.57 Å². The predicted octanol–water partition coefficient (Wildman–Crippen LogP) is 2.19. The SMILES string of the molecule is C=C(C)[C@@]12O[C@@]3(/C=C/C=C/C=C/CCC)O[C@@H]1[C@@H]1[C@@H]4O[C@]4(CO)[C@@H](O)[C@]4(O)C(=O)C(C)=C[C@H]4[C@@]1(O3)[C@H](C)[C@H]2OC(C)=O. The highest BCUT2D eigenvalue weighted by molar-refractivity contribution is 6.05. The van der Waals surface area contributed by atoms with Crippen molar-refractivity contribution in [2.24, 2.45) is 17.8 Å². The molecule has 10 nitrogen and oxygen atoms in total. The molecule has 0 unspecified atom stereocenters. The molecule has 6 aliphatic rings. The third-order valence-corrected chi connectivity index (χ3v) is 10.3. The van der Waals surface area contributed by atoms with Gasteiger partial charge in [0.15, 0.2) is 17.0 Å². The minimum atomic E-state index is -2.39. The Morgan fingerprint density at radius 3 is 2.50 bits per heavy atom. The smallest absolute Gasteiger partial charge is 0.307 e. The molecule has 2 saturated carbocycles. The van der Waals surface area contributed by atoms with E-state index in [4.69, 9.17) is 23.7 Å². The molecule has 3 saturated heterocycles. The van der Waals surface area contributed by atoms with E-state index in [1.165, 1.54) is 6.92 Å². The molecule has 0 radical (unpaired) electrons. The second-order valence-electron chi connectivity index (χ2n) is 12.6. The summed E-state index contributed by atoms with van der Waals surface area (Å²) in [6, 6.07) is 0. The van der Waals surface area contributed by atoms with Gasteiger partial charge in [0.1, 0.15) is 30.0 Å². The maximum atomic E-state index is 13.6. The quantitative estimate of drug-likeness (QED) is 0.168. The normalized spacial score (nSPS) is 50.1. The van der Waals surface area contributed by atoms with Crippen molar-refractivity contribution in [2.75, 3.05) is 6.61 Å². The fourth-order valence-electron chi connectivity index (χ4n) is 8.45. The van der Waals surface area contributed by atoms with E-state index < -0.39 is 88.9 Å². The Morgan fingerprint density at radius 2 is 1.86 bits per heavy atom. The number of fused-ring (bicyclic) bond motifs is 3. The molecule has 228 valence electrons. The van der Waals surface area contributed by atoms with Crippen molar-refractivity contribution in [1.82, 2.24) is 0 Å². The van der Waals surface area contributed by atoms with Crippen LogP contribution in [0.3, 0.4) is 0 Å². The van der Waals surface area contributed by atoms with Crippen LogP contribution in [0, 0.1) is 17.8 Å². The van der Waals surface area contributed by atoms with Crippen LogP contribution in [0.15, 0.2) is 60.3 Å². The van der Waals surface area contributed by atoms with Gasteiger partial charge < -0.3 is 39.0 Å². The standard InChI is InChI=1S/C32H40O10/c1-7-8-9-10-11-12-13-14-29-40-26-22-25-28(16-33,39-25)27(36)30(37)21(15-18(4)23(30)35)32(22,42-29)19(5)24(38-20(6)34)31(26,41-29)17(2)3/h9-15,19,21-22,24-27,33,36-37H,2,7-8,16H2,1,3-6H3/b10-9+,12-11+,14-13+/t19-,21-,22+,24-,25+,26-,27-,28+,29-,30-,31+,32+/m1/s1. The van der Waals surface area contributed by atoms with Gasteiger partial charge in [-0.1, -0.05) is 63.3 Å². The number of ketones is 1. The number of Topliss-reactive ketones (excluding diaryl/α,β-unsaturated/α-hetero) is 1. The minimum absolute atomic E-state index is 0.240. The number of epoxide rings is 1. The second kappa shape index (κ2) is 9.53. The van der Waals surface area contributed by atoms with Gasteiger partial charge in [-0.15, -0.1) is 0 Å². The van der Waals surface area contributed by atoms with Gasteiger partial charge in [-0.2, -0.15) is 0 Å². The average molecular weight is 585 g/mol. The number of esters is 1. The van der Waals surface area contributed by atoms with Crippen LogP contribution >= 0.6 is 0 Å². The highest BCUT2D eigenvalue weighted by Gasteiger charge is 2.90. The zero-order valence-electron chi connectivity index (χ0n) is 24.6. The maximum absolute atomic E-state index is 13.6. The monoisotopic (exact) mass is 584 g/mol. The molecule has 3 bridgehead atoms. The molecule has 6 rings (SSSR count). The fourth-order valence-corrected chi connectivity index (χ4v) is 8.45. The van der Waals surface area contributed by atoms with Gasteiger partial charge in [0.2, 0.25) is 0 Å². The summed E-state index contributed by atoms with van der Waals surface area (Å²) in [7, 11) is 0. The van der Waals surface area contributed by atoms with E-state index in [1.54, 1.807) is 38.2 Å². The number of ether oxygens (including phenoxy) is 5. The summed E-state index contributed by atoms with van der Waals surface area (Å²) in [4.78, 5) is 26.2. The molecule has 0 aromatic heterocycles. The number of rotatable bonds is 8. The Labute approximate surface area is 245 Å². The number of carbonyl (C=O) groups is 2. The van der Waals surface area contributed by atoms with Crippen LogP contribution in [-0.2, 0) is 33.3 Å². The first-order valence-electron chi connectivity index (χ1n) is 14.7. The van der Waals surface area contributed by atoms with E-state index in [-0.39, 0.29) is 5.57 Å². The van der Waals surface area contributed by atoms with Crippen LogP contribution in [0.25, 0.3) is 0 Å². The number of hydrogen-bond acceptors (Lipinski definition) is 10. The number of carbonyl (C=O) groups excluding carboxylic acids is 2. The van der Waals surface area contributed by atoms with Gasteiger partial charge in [0, 0.05) is 30.8 Å². The van der Waals surface area contributed by atoms with Crippen LogP contribution in [0.1, 0.15) is 47.5 Å². The van der Waals surface area contributed by atoms with Gasteiger partial charge in [-0.25, -0.2) is 0 Å². The predicted molar refractivity (Wildman–Crippen MR) is 148 cm³/mol. The lowest BCUT2D eigenvalue weighted by Gasteiger charge is -2.61. The van der Waals surface area contributed by atoms with E-state index in [0.717, 1.165) is 12.8 Å². The second-order valence-corrected chi connectivity index (χ2v) is 12.6. The largest absolute Gasteiger partial charge is 0.459 e. The molecule has 5 fully saturated rings. The van der Waals surface area contributed by atoms with Gasteiger partial charge >= 0.3 is 11.9 Å². The Morgan fingerprint density at radius 1 is 1.14 bits per heavy atom. The summed E-state index contributed by atoms with van der Waals surface area (Å²) >= 11 is 0.